The van der Waals surface area contributed by atoms with Crippen LogP contribution < -0.4 is 10.1 Å². The molecule has 0 unspecified atom stereocenters. The Bertz CT molecular complexity index is 707. The Labute approximate surface area is 143 Å². The summed E-state index contributed by atoms with van der Waals surface area (Å²) in [5, 5.41) is 3.68. The van der Waals surface area contributed by atoms with Gasteiger partial charge in [0, 0.05) is 30.3 Å². The topological polar surface area (TPSA) is 50.7 Å². The summed E-state index contributed by atoms with van der Waals surface area (Å²) in [6.45, 7) is 0. The molecule has 126 valence electrons. The minimum atomic E-state index is 0.174. The van der Waals surface area contributed by atoms with Crippen LogP contribution in [0.3, 0.4) is 0 Å². The number of para-hydroxylation sites is 1. The molecule has 1 N–H and O–H groups in total. The van der Waals surface area contributed by atoms with E-state index >= 15 is 0 Å². The summed E-state index contributed by atoms with van der Waals surface area (Å²) in [6.07, 6.45) is 7.99. The molecule has 3 atom stereocenters. The highest BCUT2D eigenvalue weighted by Crippen LogP contribution is 2.39. The fourth-order valence-corrected chi connectivity index (χ4v) is 4.29. The first-order valence-electron chi connectivity index (χ1n) is 8.95. The molecule has 0 saturated heterocycles. The summed E-state index contributed by atoms with van der Waals surface area (Å²) in [5.41, 5.74) is 3.01. The third-order valence-corrected chi connectivity index (χ3v) is 5.57. The van der Waals surface area contributed by atoms with Crippen molar-refractivity contribution in [3.05, 3.63) is 41.1 Å². The zero-order chi connectivity index (χ0) is 16.5. The quantitative estimate of drug-likeness (QED) is 0.907. The molecule has 1 aromatic rings. The summed E-state index contributed by atoms with van der Waals surface area (Å²) in [5.74, 6) is 1.24. The van der Waals surface area contributed by atoms with E-state index in [1.54, 1.807) is 7.11 Å². The second kappa shape index (κ2) is 6.42. The molecule has 2 aliphatic carbocycles. The lowest BCUT2D eigenvalue weighted by molar-refractivity contribution is -0.115. The van der Waals surface area contributed by atoms with E-state index in [1.165, 1.54) is 12.8 Å². The first kappa shape index (κ1) is 15.4. The van der Waals surface area contributed by atoms with Crippen molar-refractivity contribution < 1.29 is 9.53 Å². The molecule has 24 heavy (non-hydrogen) atoms. The van der Waals surface area contributed by atoms with Crippen LogP contribution >= 0.6 is 0 Å². The number of carbonyl (C=O) groups excluding carboxylic acids is 1. The van der Waals surface area contributed by atoms with Crippen molar-refractivity contribution in [3.8, 4) is 5.75 Å². The Morgan fingerprint density at radius 1 is 1.17 bits per heavy atom. The number of carbonyl (C=O) groups is 1. The van der Waals surface area contributed by atoms with Crippen LogP contribution in [0.15, 0.2) is 40.5 Å². The van der Waals surface area contributed by atoms with Gasteiger partial charge >= 0.3 is 0 Å². The standard InChI is InChI=1S/C20H24N2O2/c1-24-20-9-5-2-6-14(20)13-10-18-15(19(23)11-13)12-21-16-7-3-4-8-17(16)22-18/h2,5-6,9,12-13,16-17,22H,3-4,7-8,10-11H2,1H3/t13-,16-,17-/m0/s1. The van der Waals surface area contributed by atoms with E-state index in [2.05, 4.69) is 11.4 Å². The van der Waals surface area contributed by atoms with Gasteiger partial charge in [-0.05, 0) is 30.9 Å². The highest BCUT2D eigenvalue weighted by atomic mass is 16.5. The zero-order valence-electron chi connectivity index (χ0n) is 14.1. The van der Waals surface area contributed by atoms with E-state index in [4.69, 9.17) is 9.73 Å². The van der Waals surface area contributed by atoms with Crippen LogP contribution in [-0.4, -0.2) is 31.2 Å². The molecular weight excluding hydrogens is 300 g/mol. The first-order valence-corrected chi connectivity index (χ1v) is 8.95. The fourth-order valence-electron chi connectivity index (χ4n) is 4.29. The Morgan fingerprint density at radius 3 is 2.88 bits per heavy atom. The van der Waals surface area contributed by atoms with E-state index in [0.29, 0.717) is 18.5 Å². The normalized spacial score (nSPS) is 29.4. The number of Topliss-reactive ketones (excluding diaryl/α,β-unsaturated/α-hetero) is 1. The number of ether oxygens (including phenoxy) is 1. The molecule has 0 bridgehead atoms. The number of ketones is 1. The summed E-state index contributed by atoms with van der Waals surface area (Å²) in [6, 6.07) is 8.75. The summed E-state index contributed by atoms with van der Waals surface area (Å²) >= 11 is 0. The van der Waals surface area contributed by atoms with Crippen LogP contribution in [0.2, 0.25) is 0 Å². The van der Waals surface area contributed by atoms with Gasteiger partial charge < -0.3 is 10.1 Å². The van der Waals surface area contributed by atoms with Crippen LogP contribution in [0.5, 0.6) is 5.75 Å². The molecule has 0 aromatic heterocycles. The number of hydrogen-bond donors (Lipinski definition) is 1. The third kappa shape index (κ3) is 2.74. The summed E-state index contributed by atoms with van der Waals surface area (Å²) < 4.78 is 5.51. The van der Waals surface area contributed by atoms with Gasteiger partial charge in [0.1, 0.15) is 5.75 Å². The smallest absolute Gasteiger partial charge is 0.166 e. The number of fused-ring (bicyclic) bond motifs is 1. The number of benzene rings is 1. The Kier molecular flexibility index (Phi) is 4.13. The van der Waals surface area contributed by atoms with E-state index in [1.807, 2.05) is 24.4 Å². The van der Waals surface area contributed by atoms with E-state index in [0.717, 1.165) is 41.8 Å². The molecule has 1 fully saturated rings. The average Bonchev–Trinajstić information content (AvgIpc) is 2.81. The Hall–Kier alpha value is -2.10. The molecule has 1 saturated carbocycles. The molecule has 0 spiro atoms. The van der Waals surface area contributed by atoms with Crippen LogP contribution in [0.1, 0.15) is 50.0 Å². The van der Waals surface area contributed by atoms with Crippen molar-refractivity contribution in [2.24, 2.45) is 4.99 Å². The maximum absolute atomic E-state index is 12.7. The van der Waals surface area contributed by atoms with Crippen molar-refractivity contribution in [1.29, 1.82) is 0 Å². The lowest BCUT2D eigenvalue weighted by Gasteiger charge is -2.32. The van der Waals surface area contributed by atoms with Gasteiger partial charge in [0.25, 0.3) is 0 Å². The van der Waals surface area contributed by atoms with Gasteiger partial charge in [-0.2, -0.15) is 0 Å². The minimum Gasteiger partial charge on any atom is -0.496 e. The van der Waals surface area contributed by atoms with Crippen molar-refractivity contribution in [3.63, 3.8) is 0 Å². The summed E-state index contributed by atoms with van der Waals surface area (Å²) in [4.78, 5) is 17.5. The number of nitrogens with one attached hydrogen (secondary N) is 1. The fraction of sp³-hybridized carbons (Fsp3) is 0.500. The number of nitrogens with zero attached hydrogens (tertiary/aromatic N) is 1. The van der Waals surface area contributed by atoms with E-state index in [-0.39, 0.29) is 11.7 Å². The van der Waals surface area contributed by atoms with Crippen molar-refractivity contribution in [2.45, 2.75) is 56.5 Å². The minimum absolute atomic E-state index is 0.174. The van der Waals surface area contributed by atoms with E-state index < -0.39 is 0 Å². The molecule has 1 heterocycles. The highest BCUT2D eigenvalue weighted by Gasteiger charge is 2.34. The molecule has 4 heteroatoms. The monoisotopic (exact) mass is 324 g/mol. The number of allylic oxidation sites excluding steroid dienone is 2. The van der Waals surface area contributed by atoms with Crippen molar-refractivity contribution in [1.82, 2.24) is 5.32 Å². The molecule has 4 rings (SSSR count). The number of aliphatic imine (C=N–C) groups is 1. The van der Waals surface area contributed by atoms with Gasteiger partial charge in [0.05, 0.1) is 18.7 Å². The van der Waals surface area contributed by atoms with Gasteiger partial charge in [0.2, 0.25) is 0 Å². The molecule has 1 aliphatic heterocycles. The zero-order valence-corrected chi connectivity index (χ0v) is 14.1. The number of hydrogen-bond acceptors (Lipinski definition) is 4. The Morgan fingerprint density at radius 2 is 2.00 bits per heavy atom. The molecular formula is C20H24N2O2. The second-order valence-corrected chi connectivity index (χ2v) is 7.04. The van der Waals surface area contributed by atoms with Crippen molar-refractivity contribution in [2.75, 3.05) is 7.11 Å². The summed E-state index contributed by atoms with van der Waals surface area (Å²) in [7, 11) is 1.69. The highest BCUT2D eigenvalue weighted by molar-refractivity contribution is 6.15. The molecule has 3 aliphatic rings. The Balaban J connectivity index is 1.63. The average molecular weight is 324 g/mol. The van der Waals surface area contributed by atoms with Crippen LogP contribution in [0.4, 0.5) is 0 Å². The molecule has 1 aromatic carbocycles. The van der Waals surface area contributed by atoms with Gasteiger partial charge in [-0.15, -0.1) is 0 Å². The predicted molar refractivity (Wildman–Crippen MR) is 94.7 cm³/mol. The van der Waals surface area contributed by atoms with Gasteiger partial charge in [-0.25, -0.2) is 0 Å². The van der Waals surface area contributed by atoms with Crippen LogP contribution in [0, 0.1) is 0 Å². The maximum atomic E-state index is 12.7. The lowest BCUT2D eigenvalue weighted by Crippen LogP contribution is -2.41. The molecule has 0 amide bonds. The SMILES string of the molecule is COc1ccccc1[C@@H]1CC(=O)C2=C(C1)N[C@H]1CCCC[C@@H]1N=C2. The van der Waals surface area contributed by atoms with Crippen LogP contribution in [-0.2, 0) is 4.79 Å². The number of methoxy groups -OCH3 is 1. The van der Waals surface area contributed by atoms with Gasteiger partial charge in [-0.3, -0.25) is 9.79 Å². The first-order chi connectivity index (χ1) is 11.8. The number of rotatable bonds is 2. The van der Waals surface area contributed by atoms with Gasteiger partial charge in [-0.1, -0.05) is 31.0 Å². The lowest BCUT2D eigenvalue weighted by atomic mass is 9.81. The van der Waals surface area contributed by atoms with E-state index in [9.17, 15) is 4.79 Å². The van der Waals surface area contributed by atoms with Crippen molar-refractivity contribution >= 4 is 12.0 Å². The van der Waals surface area contributed by atoms with Gasteiger partial charge in [0.15, 0.2) is 5.78 Å². The largest absolute Gasteiger partial charge is 0.496 e. The van der Waals surface area contributed by atoms with Crippen LogP contribution in [0.25, 0.3) is 0 Å². The molecule has 4 nitrogen and oxygen atoms in total. The maximum Gasteiger partial charge on any atom is 0.166 e. The second-order valence-electron chi connectivity index (χ2n) is 7.04. The molecule has 0 radical (unpaired) electrons. The third-order valence-electron chi connectivity index (χ3n) is 5.57. The predicted octanol–water partition coefficient (Wildman–Crippen LogP) is 3.38.